The van der Waals surface area contributed by atoms with Crippen molar-refractivity contribution in [2.45, 2.75) is 6.42 Å². The van der Waals surface area contributed by atoms with Gasteiger partial charge >= 0.3 is 0 Å². The van der Waals surface area contributed by atoms with E-state index in [1.54, 1.807) is 0 Å². The summed E-state index contributed by atoms with van der Waals surface area (Å²) in [5.41, 5.74) is 14.2. The SMILES string of the molecule is c1ccc(-c2nc(-n3c4ccccc4c4ccc(-c5cccc6c5Cc5ccccc5-6)cc43)nc3c4ccccc4c(-c4ccccc4)n23)cc1. The molecule has 51 heavy (non-hydrogen) atoms. The number of aromatic nitrogens is 4. The fraction of sp³-hybridized carbons (Fsp3) is 0.0213. The van der Waals surface area contributed by atoms with E-state index in [-0.39, 0.29) is 0 Å². The van der Waals surface area contributed by atoms with E-state index in [9.17, 15) is 0 Å². The van der Waals surface area contributed by atoms with Crippen LogP contribution in [-0.2, 0) is 6.42 Å². The average Bonchev–Trinajstić information content (AvgIpc) is 3.86. The number of rotatable bonds is 4. The summed E-state index contributed by atoms with van der Waals surface area (Å²) in [5, 5.41) is 4.61. The van der Waals surface area contributed by atoms with Crippen molar-refractivity contribution < 1.29 is 0 Å². The zero-order valence-electron chi connectivity index (χ0n) is 27.7. The van der Waals surface area contributed by atoms with Gasteiger partial charge in [-0.2, -0.15) is 9.97 Å². The molecule has 0 N–H and O–H groups in total. The lowest BCUT2D eigenvalue weighted by atomic mass is 9.95. The molecule has 3 aromatic heterocycles. The molecule has 0 atom stereocenters. The summed E-state index contributed by atoms with van der Waals surface area (Å²) in [6, 6.07) is 60.7. The maximum absolute atomic E-state index is 5.50. The molecule has 0 aliphatic heterocycles. The minimum atomic E-state index is 0.651. The van der Waals surface area contributed by atoms with Gasteiger partial charge in [-0.25, -0.2) is 0 Å². The first-order valence-corrected chi connectivity index (χ1v) is 17.5. The second-order valence-electron chi connectivity index (χ2n) is 13.4. The first-order valence-electron chi connectivity index (χ1n) is 17.5. The van der Waals surface area contributed by atoms with Crippen LogP contribution < -0.4 is 0 Å². The Morgan fingerprint density at radius 1 is 0.431 bits per heavy atom. The fourth-order valence-electron chi connectivity index (χ4n) is 8.36. The molecule has 4 nitrogen and oxygen atoms in total. The van der Waals surface area contributed by atoms with Gasteiger partial charge in [0.2, 0.25) is 5.95 Å². The van der Waals surface area contributed by atoms with Crippen LogP contribution in [0.5, 0.6) is 0 Å². The van der Waals surface area contributed by atoms with Crippen molar-refractivity contribution in [3.8, 4) is 50.8 Å². The van der Waals surface area contributed by atoms with Crippen LogP contribution in [0.4, 0.5) is 0 Å². The van der Waals surface area contributed by atoms with Gasteiger partial charge in [-0.1, -0.05) is 158 Å². The number of para-hydroxylation sites is 1. The zero-order valence-corrected chi connectivity index (χ0v) is 27.7. The Labute approximate surface area is 294 Å². The normalized spacial score (nSPS) is 12.2. The summed E-state index contributed by atoms with van der Waals surface area (Å²) in [6.07, 6.45) is 0.938. The molecule has 4 heteroatoms. The van der Waals surface area contributed by atoms with Crippen LogP contribution in [0.3, 0.4) is 0 Å². The first kappa shape index (κ1) is 28.1. The number of hydrogen-bond donors (Lipinski definition) is 0. The van der Waals surface area contributed by atoms with Gasteiger partial charge in [-0.15, -0.1) is 0 Å². The second-order valence-corrected chi connectivity index (χ2v) is 13.4. The molecule has 0 saturated heterocycles. The lowest BCUT2D eigenvalue weighted by Gasteiger charge is -2.14. The minimum Gasteiger partial charge on any atom is -0.278 e. The molecule has 1 aliphatic rings. The topological polar surface area (TPSA) is 35.1 Å². The summed E-state index contributed by atoms with van der Waals surface area (Å²) >= 11 is 0. The third-order valence-corrected chi connectivity index (χ3v) is 10.6. The molecule has 1 aliphatic carbocycles. The standard InChI is InChI=1S/C47H30N4/c1-3-14-30(15-4-1)44-39-21-9-10-22-40(39)46-49-47(48-45(51(44)46)31-16-5-2-6-17-31)50-42-25-12-11-20-37(42)38-27-26-33(29-43(38)50)35-23-13-24-36-34-19-8-7-18-32(34)28-41(35)36/h1-27,29H,28H2. The minimum absolute atomic E-state index is 0.651. The van der Waals surface area contributed by atoms with Crippen LogP contribution in [0.2, 0.25) is 0 Å². The Balaban J connectivity index is 1.22. The second kappa shape index (κ2) is 10.9. The summed E-state index contributed by atoms with van der Waals surface area (Å²) in [6.45, 7) is 0. The molecule has 0 bridgehead atoms. The molecule has 7 aromatic carbocycles. The van der Waals surface area contributed by atoms with Crippen molar-refractivity contribution in [3.63, 3.8) is 0 Å². The van der Waals surface area contributed by atoms with Crippen LogP contribution >= 0.6 is 0 Å². The Bertz CT molecular complexity index is 2990. The van der Waals surface area contributed by atoms with E-state index in [2.05, 4.69) is 179 Å². The van der Waals surface area contributed by atoms with Crippen LogP contribution in [0.1, 0.15) is 11.1 Å². The van der Waals surface area contributed by atoms with E-state index in [4.69, 9.17) is 9.97 Å². The van der Waals surface area contributed by atoms with Crippen molar-refractivity contribution in [1.82, 2.24) is 18.9 Å². The molecular weight excluding hydrogens is 621 g/mol. The molecule has 10 aromatic rings. The molecule has 0 saturated carbocycles. The summed E-state index contributed by atoms with van der Waals surface area (Å²) in [4.78, 5) is 11.0. The van der Waals surface area contributed by atoms with Gasteiger partial charge < -0.3 is 0 Å². The van der Waals surface area contributed by atoms with Crippen molar-refractivity contribution >= 4 is 38.2 Å². The van der Waals surface area contributed by atoms with Gasteiger partial charge in [0, 0.05) is 27.1 Å². The molecule has 0 fully saturated rings. The molecule has 238 valence electrons. The fourth-order valence-corrected chi connectivity index (χ4v) is 8.36. The highest BCUT2D eigenvalue weighted by atomic mass is 15.2. The molecule has 0 amide bonds. The van der Waals surface area contributed by atoms with Gasteiger partial charge in [0.25, 0.3) is 0 Å². The monoisotopic (exact) mass is 650 g/mol. The maximum atomic E-state index is 5.50. The predicted octanol–water partition coefficient (Wildman–Crippen LogP) is 11.6. The number of hydrogen-bond acceptors (Lipinski definition) is 2. The van der Waals surface area contributed by atoms with Crippen molar-refractivity contribution in [1.29, 1.82) is 0 Å². The quantitative estimate of drug-likeness (QED) is 0.190. The smallest absolute Gasteiger partial charge is 0.238 e. The Hall–Kier alpha value is -6.78. The largest absolute Gasteiger partial charge is 0.278 e. The summed E-state index contributed by atoms with van der Waals surface area (Å²) < 4.78 is 4.52. The highest BCUT2D eigenvalue weighted by Crippen LogP contribution is 2.43. The van der Waals surface area contributed by atoms with E-state index in [0.717, 1.165) is 56.5 Å². The van der Waals surface area contributed by atoms with E-state index >= 15 is 0 Å². The van der Waals surface area contributed by atoms with Crippen LogP contribution in [0, 0.1) is 0 Å². The van der Waals surface area contributed by atoms with E-state index in [1.807, 2.05) is 0 Å². The summed E-state index contributed by atoms with van der Waals surface area (Å²) in [5.74, 6) is 1.50. The highest BCUT2D eigenvalue weighted by Gasteiger charge is 2.24. The molecular formula is C47H30N4. The highest BCUT2D eigenvalue weighted by molar-refractivity contribution is 6.11. The van der Waals surface area contributed by atoms with E-state index in [0.29, 0.717) is 5.95 Å². The predicted molar refractivity (Wildman–Crippen MR) is 209 cm³/mol. The van der Waals surface area contributed by atoms with Crippen molar-refractivity contribution in [3.05, 3.63) is 181 Å². The molecule has 11 rings (SSSR count). The van der Waals surface area contributed by atoms with E-state index < -0.39 is 0 Å². The van der Waals surface area contributed by atoms with Crippen molar-refractivity contribution in [2.24, 2.45) is 0 Å². The third kappa shape index (κ3) is 4.14. The summed E-state index contributed by atoms with van der Waals surface area (Å²) in [7, 11) is 0. The molecule has 0 radical (unpaired) electrons. The maximum Gasteiger partial charge on any atom is 0.238 e. The Morgan fingerprint density at radius 3 is 1.92 bits per heavy atom. The van der Waals surface area contributed by atoms with Gasteiger partial charge in [0.1, 0.15) is 5.82 Å². The van der Waals surface area contributed by atoms with Gasteiger partial charge in [-0.05, 0) is 57.5 Å². The molecule has 3 heterocycles. The van der Waals surface area contributed by atoms with Crippen LogP contribution in [0.25, 0.3) is 89.1 Å². The van der Waals surface area contributed by atoms with Gasteiger partial charge in [-0.3, -0.25) is 8.97 Å². The molecule has 0 spiro atoms. The number of fused-ring (bicyclic) bond motifs is 9. The van der Waals surface area contributed by atoms with Gasteiger partial charge in [0.05, 0.1) is 16.7 Å². The van der Waals surface area contributed by atoms with Crippen LogP contribution in [0.15, 0.2) is 170 Å². The van der Waals surface area contributed by atoms with Crippen LogP contribution in [-0.4, -0.2) is 18.9 Å². The first-order chi connectivity index (χ1) is 25.3. The van der Waals surface area contributed by atoms with E-state index in [1.165, 1.54) is 44.2 Å². The van der Waals surface area contributed by atoms with Crippen molar-refractivity contribution in [2.75, 3.05) is 0 Å². The Morgan fingerprint density at radius 2 is 1.08 bits per heavy atom. The lowest BCUT2D eigenvalue weighted by Crippen LogP contribution is -2.07. The third-order valence-electron chi connectivity index (χ3n) is 10.6. The van der Waals surface area contributed by atoms with Gasteiger partial charge in [0.15, 0.2) is 5.65 Å². The average molecular weight is 651 g/mol. The lowest BCUT2D eigenvalue weighted by molar-refractivity contribution is 0.952. The number of benzene rings is 7. The molecule has 0 unspecified atom stereocenters. The number of nitrogens with zero attached hydrogens (tertiary/aromatic N) is 4. The Kier molecular flexibility index (Phi) is 5.98. The zero-order chi connectivity index (χ0) is 33.5.